The predicted octanol–water partition coefficient (Wildman–Crippen LogP) is 2.19. The largest absolute Gasteiger partial charge is 0.320 e. The number of unbranched alkanes of at least 4 members (excludes halogenated alkanes) is 1. The van der Waals surface area contributed by atoms with Crippen molar-refractivity contribution in [2.75, 3.05) is 5.32 Å². The van der Waals surface area contributed by atoms with Crippen LogP contribution in [0.3, 0.4) is 0 Å². The fourth-order valence-corrected chi connectivity index (χ4v) is 1.41. The molecule has 0 aliphatic heterocycles. The van der Waals surface area contributed by atoms with Gasteiger partial charge in [-0.1, -0.05) is 31.4 Å². The van der Waals surface area contributed by atoms with Crippen LogP contribution in [0.1, 0.15) is 26.2 Å². The minimum Gasteiger partial charge on any atom is -0.320 e. The summed E-state index contributed by atoms with van der Waals surface area (Å²) >= 11 is 5.86. The molecule has 0 saturated heterocycles. The highest BCUT2D eigenvalue weighted by Gasteiger charge is 2.14. The van der Waals surface area contributed by atoms with Crippen LogP contribution < -0.4 is 11.1 Å². The van der Waals surface area contributed by atoms with Gasteiger partial charge >= 0.3 is 0 Å². The summed E-state index contributed by atoms with van der Waals surface area (Å²) in [5, 5.41) is 3.03. The van der Waals surface area contributed by atoms with Gasteiger partial charge < -0.3 is 11.1 Å². The second-order valence-electron chi connectivity index (χ2n) is 3.57. The average Bonchev–Trinajstić information content (AvgIpc) is 2.28. The van der Waals surface area contributed by atoms with Crippen molar-refractivity contribution < 1.29 is 4.79 Å². The van der Waals surface area contributed by atoms with Gasteiger partial charge in [-0.3, -0.25) is 4.79 Å². The number of carbonyl (C=O) groups excluding carboxylic acids is 1. The molecule has 1 aromatic heterocycles. The molecule has 1 aromatic rings. The van der Waals surface area contributed by atoms with Gasteiger partial charge in [0.15, 0.2) is 5.82 Å². The van der Waals surface area contributed by atoms with E-state index < -0.39 is 6.04 Å². The molecule has 1 rings (SSSR count). The van der Waals surface area contributed by atoms with E-state index in [0.717, 1.165) is 12.8 Å². The molecular weight excluding hydrogens is 226 g/mol. The maximum atomic E-state index is 11.6. The van der Waals surface area contributed by atoms with Gasteiger partial charge in [0.05, 0.1) is 11.1 Å². The molecule has 0 aliphatic carbocycles. The van der Waals surface area contributed by atoms with E-state index in [4.69, 9.17) is 17.3 Å². The average molecular weight is 242 g/mol. The topological polar surface area (TPSA) is 68.0 Å². The Morgan fingerprint density at radius 2 is 2.44 bits per heavy atom. The minimum atomic E-state index is -0.502. The highest BCUT2D eigenvalue weighted by Crippen LogP contribution is 2.17. The van der Waals surface area contributed by atoms with Gasteiger partial charge in [0.25, 0.3) is 0 Å². The number of rotatable bonds is 5. The van der Waals surface area contributed by atoms with Crippen LogP contribution in [0.5, 0.6) is 0 Å². The zero-order valence-electron chi connectivity index (χ0n) is 9.24. The fourth-order valence-electron chi connectivity index (χ4n) is 1.24. The Balaban J connectivity index is 2.54. The third-order valence-electron chi connectivity index (χ3n) is 2.21. The Bertz CT molecular complexity index is 357. The number of hydrogen-bond acceptors (Lipinski definition) is 3. The van der Waals surface area contributed by atoms with Crippen molar-refractivity contribution in [3.05, 3.63) is 23.4 Å². The first kappa shape index (κ1) is 12.9. The molecule has 0 aliphatic rings. The molecule has 0 radical (unpaired) electrons. The SMILES string of the molecule is CCCC[C@H](N)C(=O)Nc1ncccc1Cl. The second-order valence-corrected chi connectivity index (χ2v) is 3.98. The summed E-state index contributed by atoms with van der Waals surface area (Å²) in [6.07, 6.45) is 4.20. The molecular formula is C11H16ClN3O. The lowest BCUT2D eigenvalue weighted by molar-refractivity contribution is -0.117. The van der Waals surface area contributed by atoms with Crippen molar-refractivity contribution in [1.29, 1.82) is 0 Å². The molecule has 88 valence electrons. The van der Waals surface area contributed by atoms with Gasteiger partial charge in [-0.05, 0) is 18.6 Å². The van der Waals surface area contributed by atoms with E-state index in [0.29, 0.717) is 17.3 Å². The van der Waals surface area contributed by atoms with Crippen LogP contribution >= 0.6 is 11.6 Å². The number of nitrogens with one attached hydrogen (secondary N) is 1. The first-order valence-electron chi connectivity index (χ1n) is 5.32. The van der Waals surface area contributed by atoms with Crippen LogP contribution in [0, 0.1) is 0 Å². The second kappa shape index (κ2) is 6.45. The predicted molar refractivity (Wildman–Crippen MR) is 65.4 cm³/mol. The number of pyridine rings is 1. The molecule has 0 aromatic carbocycles. The Hall–Kier alpha value is -1.13. The molecule has 5 heteroatoms. The standard InChI is InChI=1S/C11H16ClN3O/c1-2-3-6-9(13)11(16)15-10-8(12)5-4-7-14-10/h4-5,7,9H,2-3,6,13H2,1H3,(H,14,15,16)/t9-/m0/s1. The molecule has 3 N–H and O–H groups in total. The van der Waals surface area contributed by atoms with Crippen molar-refractivity contribution in [2.45, 2.75) is 32.2 Å². The van der Waals surface area contributed by atoms with Gasteiger partial charge in [0, 0.05) is 6.20 Å². The molecule has 1 heterocycles. The molecule has 1 atom stereocenters. The van der Waals surface area contributed by atoms with Crippen LogP contribution in [-0.2, 0) is 4.79 Å². The summed E-state index contributed by atoms with van der Waals surface area (Å²) < 4.78 is 0. The minimum absolute atomic E-state index is 0.242. The summed E-state index contributed by atoms with van der Waals surface area (Å²) in [5.74, 6) is 0.121. The Morgan fingerprint density at radius 1 is 1.69 bits per heavy atom. The van der Waals surface area contributed by atoms with Crippen molar-refractivity contribution in [2.24, 2.45) is 5.73 Å². The smallest absolute Gasteiger partial charge is 0.242 e. The van der Waals surface area contributed by atoms with Gasteiger partial charge in [0.1, 0.15) is 0 Å². The van der Waals surface area contributed by atoms with E-state index >= 15 is 0 Å². The third kappa shape index (κ3) is 3.79. The summed E-state index contributed by atoms with van der Waals surface area (Å²) in [4.78, 5) is 15.6. The molecule has 0 fully saturated rings. The van der Waals surface area contributed by atoms with Crippen molar-refractivity contribution in [3.8, 4) is 0 Å². The molecule has 0 spiro atoms. The summed E-state index contributed by atoms with van der Waals surface area (Å²) in [6.45, 7) is 2.06. The maximum Gasteiger partial charge on any atom is 0.242 e. The van der Waals surface area contributed by atoms with E-state index in [-0.39, 0.29) is 5.91 Å². The fraction of sp³-hybridized carbons (Fsp3) is 0.455. The van der Waals surface area contributed by atoms with Gasteiger partial charge in [-0.2, -0.15) is 0 Å². The zero-order valence-corrected chi connectivity index (χ0v) is 10.00. The van der Waals surface area contributed by atoms with Crippen LogP contribution in [0.25, 0.3) is 0 Å². The quantitative estimate of drug-likeness (QED) is 0.830. The lowest BCUT2D eigenvalue weighted by atomic mass is 10.1. The number of anilines is 1. The van der Waals surface area contributed by atoms with E-state index in [1.807, 2.05) is 0 Å². The van der Waals surface area contributed by atoms with Crippen LogP contribution in [0.15, 0.2) is 18.3 Å². The van der Waals surface area contributed by atoms with Gasteiger partial charge in [0.2, 0.25) is 5.91 Å². The number of halogens is 1. The Labute approximate surface area is 100 Å². The number of nitrogens with two attached hydrogens (primary N) is 1. The van der Waals surface area contributed by atoms with E-state index in [9.17, 15) is 4.79 Å². The van der Waals surface area contributed by atoms with Crippen molar-refractivity contribution in [3.63, 3.8) is 0 Å². The Kier molecular flexibility index (Phi) is 5.22. The lowest BCUT2D eigenvalue weighted by Gasteiger charge is -2.11. The van der Waals surface area contributed by atoms with E-state index in [1.165, 1.54) is 0 Å². The number of carbonyl (C=O) groups is 1. The van der Waals surface area contributed by atoms with Crippen molar-refractivity contribution >= 4 is 23.3 Å². The highest BCUT2D eigenvalue weighted by molar-refractivity contribution is 6.33. The van der Waals surface area contributed by atoms with Gasteiger partial charge in [-0.15, -0.1) is 0 Å². The Morgan fingerprint density at radius 3 is 3.06 bits per heavy atom. The highest BCUT2D eigenvalue weighted by atomic mass is 35.5. The number of aromatic nitrogens is 1. The number of amides is 1. The lowest BCUT2D eigenvalue weighted by Crippen LogP contribution is -2.35. The summed E-state index contributed by atoms with van der Waals surface area (Å²) in [7, 11) is 0. The van der Waals surface area contributed by atoms with E-state index in [2.05, 4.69) is 17.2 Å². The molecule has 4 nitrogen and oxygen atoms in total. The van der Waals surface area contributed by atoms with Crippen LogP contribution in [-0.4, -0.2) is 16.9 Å². The normalized spacial score (nSPS) is 12.2. The summed E-state index contributed by atoms with van der Waals surface area (Å²) in [6, 6.07) is 2.87. The van der Waals surface area contributed by atoms with E-state index in [1.54, 1.807) is 18.3 Å². The monoisotopic (exact) mass is 241 g/mol. The van der Waals surface area contributed by atoms with Gasteiger partial charge in [-0.25, -0.2) is 4.98 Å². The molecule has 0 bridgehead atoms. The first-order chi connectivity index (χ1) is 7.65. The first-order valence-corrected chi connectivity index (χ1v) is 5.70. The maximum absolute atomic E-state index is 11.6. The van der Waals surface area contributed by atoms with Crippen LogP contribution in [0.2, 0.25) is 5.02 Å². The number of nitrogens with zero attached hydrogens (tertiary/aromatic N) is 1. The molecule has 0 unspecified atom stereocenters. The molecule has 0 saturated carbocycles. The van der Waals surface area contributed by atoms with Crippen molar-refractivity contribution in [1.82, 2.24) is 4.98 Å². The number of hydrogen-bond donors (Lipinski definition) is 2. The van der Waals surface area contributed by atoms with Crippen LogP contribution in [0.4, 0.5) is 5.82 Å². The summed E-state index contributed by atoms with van der Waals surface area (Å²) in [5.41, 5.74) is 5.72. The zero-order chi connectivity index (χ0) is 12.0. The molecule has 16 heavy (non-hydrogen) atoms. The third-order valence-corrected chi connectivity index (χ3v) is 2.51. The molecule has 1 amide bonds.